The van der Waals surface area contributed by atoms with E-state index in [1.54, 1.807) is 24.3 Å². The van der Waals surface area contributed by atoms with Crippen LogP contribution in [0.1, 0.15) is 11.1 Å². The van der Waals surface area contributed by atoms with Gasteiger partial charge in [-0.1, -0.05) is 12.1 Å². The monoisotopic (exact) mass is 524 g/mol. The lowest BCUT2D eigenvalue weighted by Crippen LogP contribution is -2.59. The second kappa shape index (κ2) is 13.2. The minimum atomic E-state index is -1.58. The number of rotatable bonds is 12. The summed E-state index contributed by atoms with van der Waals surface area (Å²) in [5.74, 6) is -0.160. The molecule has 37 heavy (non-hydrogen) atoms. The molecule has 206 valence electrons. The van der Waals surface area contributed by atoms with Crippen molar-refractivity contribution < 1.29 is 54.7 Å². The van der Waals surface area contributed by atoms with Gasteiger partial charge in [-0.2, -0.15) is 0 Å². The molecular formula is C26H36O11. The lowest BCUT2D eigenvalue weighted by Gasteiger charge is -2.40. The molecule has 1 aliphatic rings. The summed E-state index contributed by atoms with van der Waals surface area (Å²) in [4.78, 5) is 0. The molecule has 0 spiro atoms. The molecule has 0 saturated carbocycles. The normalized spacial score (nSPS) is 25.4. The number of hydrogen-bond donors (Lipinski definition) is 7. The molecule has 11 heteroatoms. The van der Waals surface area contributed by atoms with Crippen molar-refractivity contribution in [1.82, 2.24) is 0 Å². The van der Waals surface area contributed by atoms with E-state index in [2.05, 4.69) is 0 Å². The van der Waals surface area contributed by atoms with Gasteiger partial charge < -0.3 is 54.7 Å². The Bertz CT molecular complexity index is 998. The number of aliphatic hydroxyl groups excluding tert-OH is 5. The molecule has 1 fully saturated rings. The molecule has 0 bridgehead atoms. The third-order valence-electron chi connectivity index (χ3n) is 6.71. The summed E-state index contributed by atoms with van der Waals surface area (Å²) in [6.07, 6.45) is -6.29. The first-order chi connectivity index (χ1) is 17.7. The first-order valence-corrected chi connectivity index (χ1v) is 12.0. The maximum Gasteiger partial charge on any atom is 0.186 e. The first-order valence-electron chi connectivity index (χ1n) is 12.0. The smallest absolute Gasteiger partial charge is 0.186 e. The summed E-state index contributed by atoms with van der Waals surface area (Å²) in [7, 11) is 2.88. The van der Waals surface area contributed by atoms with Gasteiger partial charge in [0.25, 0.3) is 0 Å². The van der Waals surface area contributed by atoms with Crippen LogP contribution in [0, 0.1) is 11.8 Å². The predicted octanol–water partition coefficient (Wildman–Crippen LogP) is -0.0586. The standard InChI is InChI=1S/C26H36O11/c1-34-20-9-14(3-5-18(20)29)7-16(11-27)17(8-15-4-6-19(30)21(10-15)35-2)13-36-26-25(33)24(32)23(31)22(12-28)37-26/h3-6,9-10,16-17,22-33H,7-8,11-13H2,1-2H3/t16-,17+,22+,23+,24-,25+,26+/m1/s1. The Kier molecular flexibility index (Phi) is 10.4. The Morgan fingerprint density at radius 2 is 1.32 bits per heavy atom. The van der Waals surface area contributed by atoms with Gasteiger partial charge in [0.05, 0.1) is 27.4 Å². The van der Waals surface area contributed by atoms with Crippen LogP contribution < -0.4 is 9.47 Å². The SMILES string of the molecule is COc1cc(C[C@@H](CO[C@H]2O[C@@H](CO)[C@H](O)[C@@H](O)[C@@H]2O)[C@@H](CO)Cc2ccc(O)c(OC)c2)ccc1O. The summed E-state index contributed by atoms with van der Waals surface area (Å²) < 4.78 is 21.7. The maximum atomic E-state index is 10.4. The molecule has 0 aliphatic carbocycles. The summed E-state index contributed by atoms with van der Waals surface area (Å²) >= 11 is 0. The van der Waals surface area contributed by atoms with Gasteiger partial charge >= 0.3 is 0 Å². The van der Waals surface area contributed by atoms with Crippen LogP contribution in [-0.4, -0.2) is 100 Å². The van der Waals surface area contributed by atoms with Gasteiger partial charge in [0.15, 0.2) is 29.3 Å². The highest BCUT2D eigenvalue weighted by molar-refractivity contribution is 5.43. The van der Waals surface area contributed by atoms with Gasteiger partial charge in [0.1, 0.15) is 24.4 Å². The van der Waals surface area contributed by atoms with Crippen molar-refractivity contribution in [2.45, 2.75) is 43.5 Å². The van der Waals surface area contributed by atoms with Crippen molar-refractivity contribution in [2.24, 2.45) is 11.8 Å². The maximum absolute atomic E-state index is 10.4. The zero-order chi connectivity index (χ0) is 27.1. The molecule has 2 aromatic rings. The molecule has 3 rings (SSSR count). The minimum absolute atomic E-state index is 0.00881. The van der Waals surface area contributed by atoms with Gasteiger partial charge in [0.2, 0.25) is 0 Å². The highest BCUT2D eigenvalue weighted by atomic mass is 16.7. The van der Waals surface area contributed by atoms with Gasteiger partial charge in [-0.3, -0.25) is 0 Å². The minimum Gasteiger partial charge on any atom is -0.504 e. The fourth-order valence-electron chi connectivity index (χ4n) is 4.47. The molecule has 2 aromatic carbocycles. The second-order valence-electron chi connectivity index (χ2n) is 9.15. The molecule has 0 amide bonds. The van der Waals surface area contributed by atoms with Crippen molar-refractivity contribution >= 4 is 0 Å². The van der Waals surface area contributed by atoms with Crippen LogP contribution in [-0.2, 0) is 22.3 Å². The van der Waals surface area contributed by atoms with Gasteiger partial charge in [-0.05, 0) is 60.1 Å². The molecule has 1 heterocycles. The van der Waals surface area contributed by atoms with Gasteiger partial charge in [-0.15, -0.1) is 0 Å². The molecule has 1 aliphatic heterocycles. The van der Waals surface area contributed by atoms with Gasteiger partial charge in [0, 0.05) is 6.61 Å². The Labute approximate surface area is 215 Å². The number of aromatic hydroxyl groups is 2. The fraction of sp³-hybridized carbons (Fsp3) is 0.538. The number of aliphatic hydroxyl groups is 5. The van der Waals surface area contributed by atoms with Gasteiger partial charge in [-0.25, -0.2) is 0 Å². The van der Waals surface area contributed by atoms with E-state index < -0.39 is 37.3 Å². The average Bonchev–Trinajstić information content (AvgIpc) is 2.91. The number of phenols is 2. The van der Waals surface area contributed by atoms with Crippen LogP contribution in [0.25, 0.3) is 0 Å². The molecule has 0 aromatic heterocycles. The van der Waals surface area contributed by atoms with E-state index in [9.17, 15) is 35.7 Å². The van der Waals surface area contributed by atoms with Crippen LogP contribution in [0.2, 0.25) is 0 Å². The molecule has 1 saturated heterocycles. The summed E-state index contributed by atoms with van der Waals surface area (Å²) in [6, 6.07) is 9.80. The summed E-state index contributed by atoms with van der Waals surface area (Å²) in [6.45, 7) is -0.822. The zero-order valence-corrected chi connectivity index (χ0v) is 20.8. The average molecular weight is 525 g/mol. The fourth-order valence-corrected chi connectivity index (χ4v) is 4.47. The van der Waals surface area contributed by atoms with Crippen molar-refractivity contribution in [3.05, 3.63) is 47.5 Å². The second-order valence-corrected chi connectivity index (χ2v) is 9.15. The molecule has 0 radical (unpaired) electrons. The highest BCUT2D eigenvalue weighted by Crippen LogP contribution is 2.32. The van der Waals surface area contributed by atoms with Crippen molar-refractivity contribution in [3.8, 4) is 23.0 Å². The van der Waals surface area contributed by atoms with Crippen LogP contribution in [0.5, 0.6) is 23.0 Å². The van der Waals surface area contributed by atoms with Crippen LogP contribution >= 0.6 is 0 Å². The first kappa shape index (κ1) is 28.9. The molecule has 0 unspecified atom stereocenters. The lowest BCUT2D eigenvalue weighted by atomic mass is 9.83. The molecular weight excluding hydrogens is 488 g/mol. The summed E-state index contributed by atoms with van der Waals surface area (Å²) in [5.41, 5.74) is 1.59. The van der Waals surface area contributed by atoms with E-state index in [0.717, 1.165) is 11.1 Å². The Balaban J connectivity index is 1.83. The third-order valence-corrected chi connectivity index (χ3v) is 6.71. The van der Waals surface area contributed by atoms with E-state index in [0.29, 0.717) is 18.6 Å². The number of benzene rings is 2. The topological polar surface area (TPSA) is 179 Å². The van der Waals surface area contributed by atoms with E-state index >= 15 is 0 Å². The Morgan fingerprint density at radius 1 is 0.784 bits per heavy atom. The van der Waals surface area contributed by atoms with E-state index in [1.807, 2.05) is 0 Å². The summed E-state index contributed by atoms with van der Waals surface area (Å²) in [5, 5.41) is 70.1. The number of methoxy groups -OCH3 is 2. The van der Waals surface area contributed by atoms with E-state index in [4.69, 9.17) is 18.9 Å². The quantitative estimate of drug-likeness (QED) is 0.198. The third kappa shape index (κ3) is 7.02. The highest BCUT2D eigenvalue weighted by Gasteiger charge is 2.44. The van der Waals surface area contributed by atoms with Crippen molar-refractivity contribution in [3.63, 3.8) is 0 Å². The Morgan fingerprint density at radius 3 is 1.81 bits per heavy atom. The number of ether oxygens (including phenoxy) is 4. The van der Waals surface area contributed by atoms with E-state index in [1.165, 1.54) is 26.4 Å². The van der Waals surface area contributed by atoms with E-state index in [-0.39, 0.29) is 42.3 Å². The van der Waals surface area contributed by atoms with Crippen LogP contribution in [0.15, 0.2) is 36.4 Å². The predicted molar refractivity (Wildman–Crippen MR) is 131 cm³/mol. The number of phenolic OH excluding ortho intramolecular Hbond substituents is 2. The Hall–Kier alpha value is -2.64. The van der Waals surface area contributed by atoms with Crippen LogP contribution in [0.4, 0.5) is 0 Å². The van der Waals surface area contributed by atoms with Crippen LogP contribution in [0.3, 0.4) is 0 Å². The number of hydrogen-bond acceptors (Lipinski definition) is 11. The van der Waals surface area contributed by atoms with Crippen molar-refractivity contribution in [2.75, 3.05) is 34.0 Å². The largest absolute Gasteiger partial charge is 0.504 e. The van der Waals surface area contributed by atoms with Crippen molar-refractivity contribution in [1.29, 1.82) is 0 Å². The molecule has 7 atom stereocenters. The zero-order valence-electron chi connectivity index (χ0n) is 20.8. The molecule has 7 N–H and O–H groups in total. The lowest BCUT2D eigenvalue weighted by molar-refractivity contribution is -0.304. The molecule has 11 nitrogen and oxygen atoms in total.